The SMILES string of the molecule is C[C@@H](Nc1nnc(-c2ccc3[nH]nc(N)c3c2)o1)c1ccc(F)c(Cl)c1. The van der Waals surface area contributed by atoms with Crippen molar-refractivity contribution in [2.75, 3.05) is 11.1 Å². The van der Waals surface area contributed by atoms with Gasteiger partial charge in [0.05, 0.1) is 16.6 Å². The fraction of sp³-hybridized carbons (Fsp3) is 0.118. The van der Waals surface area contributed by atoms with Crippen LogP contribution < -0.4 is 11.1 Å². The second-order valence-corrected chi connectivity index (χ2v) is 6.23. The van der Waals surface area contributed by atoms with Crippen LogP contribution >= 0.6 is 11.6 Å². The Morgan fingerprint density at radius 3 is 2.88 bits per heavy atom. The summed E-state index contributed by atoms with van der Waals surface area (Å²) in [7, 11) is 0. The number of nitrogens with one attached hydrogen (secondary N) is 2. The average molecular weight is 373 g/mol. The number of hydrogen-bond acceptors (Lipinski definition) is 6. The van der Waals surface area contributed by atoms with Crippen LogP contribution in [0, 0.1) is 5.82 Å². The second-order valence-electron chi connectivity index (χ2n) is 5.82. The number of fused-ring (bicyclic) bond motifs is 1. The normalized spacial score (nSPS) is 12.4. The maximum absolute atomic E-state index is 13.3. The predicted molar refractivity (Wildman–Crippen MR) is 97.2 cm³/mol. The Kier molecular flexibility index (Phi) is 3.96. The van der Waals surface area contributed by atoms with Crippen LogP contribution in [-0.4, -0.2) is 20.4 Å². The smallest absolute Gasteiger partial charge is 0.316 e. The van der Waals surface area contributed by atoms with Gasteiger partial charge in [-0.3, -0.25) is 5.10 Å². The quantitative estimate of drug-likeness (QED) is 0.496. The molecular formula is C17H14ClFN6O. The molecule has 0 unspecified atom stereocenters. The van der Waals surface area contributed by atoms with Gasteiger partial charge in [-0.05, 0) is 42.8 Å². The number of nitrogens with zero attached hydrogens (tertiary/aromatic N) is 3. The Morgan fingerprint density at radius 1 is 1.23 bits per heavy atom. The van der Waals surface area contributed by atoms with E-state index in [0.717, 1.165) is 22.0 Å². The second kappa shape index (κ2) is 6.30. The molecule has 0 radical (unpaired) electrons. The Bertz CT molecular complexity index is 1090. The maximum atomic E-state index is 13.3. The van der Waals surface area contributed by atoms with Gasteiger partial charge in [0, 0.05) is 10.9 Å². The third-order valence-corrected chi connectivity index (χ3v) is 4.34. The van der Waals surface area contributed by atoms with Crippen LogP contribution in [0.3, 0.4) is 0 Å². The minimum Gasteiger partial charge on any atom is -0.403 e. The van der Waals surface area contributed by atoms with E-state index in [9.17, 15) is 4.39 Å². The summed E-state index contributed by atoms with van der Waals surface area (Å²) in [6.07, 6.45) is 0. The van der Waals surface area contributed by atoms with E-state index in [1.807, 2.05) is 25.1 Å². The highest BCUT2D eigenvalue weighted by atomic mass is 35.5. The average Bonchev–Trinajstić information content (AvgIpc) is 3.24. The lowest BCUT2D eigenvalue weighted by Gasteiger charge is -2.12. The molecule has 1 atom stereocenters. The molecule has 0 bridgehead atoms. The van der Waals surface area contributed by atoms with Gasteiger partial charge in [-0.25, -0.2) is 4.39 Å². The van der Waals surface area contributed by atoms with Crippen molar-refractivity contribution >= 4 is 34.3 Å². The number of halogens is 2. The van der Waals surface area contributed by atoms with Crippen LogP contribution in [0.15, 0.2) is 40.8 Å². The van der Waals surface area contributed by atoms with Crippen molar-refractivity contribution in [2.45, 2.75) is 13.0 Å². The number of H-pyrrole nitrogens is 1. The molecule has 26 heavy (non-hydrogen) atoms. The summed E-state index contributed by atoms with van der Waals surface area (Å²) in [5.41, 5.74) is 8.17. The Balaban J connectivity index is 1.56. The molecule has 0 spiro atoms. The van der Waals surface area contributed by atoms with Gasteiger partial charge in [-0.15, -0.1) is 5.10 Å². The van der Waals surface area contributed by atoms with Gasteiger partial charge >= 0.3 is 6.01 Å². The molecule has 7 nitrogen and oxygen atoms in total. The van der Waals surface area contributed by atoms with Gasteiger partial charge < -0.3 is 15.5 Å². The summed E-state index contributed by atoms with van der Waals surface area (Å²) in [6.45, 7) is 1.88. The van der Waals surface area contributed by atoms with Gasteiger partial charge in [0.1, 0.15) is 5.82 Å². The fourth-order valence-electron chi connectivity index (χ4n) is 2.62. The van der Waals surface area contributed by atoms with Crippen molar-refractivity contribution in [3.63, 3.8) is 0 Å². The summed E-state index contributed by atoms with van der Waals surface area (Å²) in [6, 6.07) is 10.1. The van der Waals surface area contributed by atoms with Gasteiger partial charge in [0.2, 0.25) is 5.89 Å². The lowest BCUT2D eigenvalue weighted by Crippen LogP contribution is -2.07. The molecule has 132 valence electrons. The Hall–Kier alpha value is -3.13. The zero-order valence-corrected chi connectivity index (χ0v) is 14.4. The van der Waals surface area contributed by atoms with Crippen LogP contribution in [0.4, 0.5) is 16.2 Å². The van der Waals surface area contributed by atoms with E-state index in [0.29, 0.717) is 11.7 Å². The number of benzene rings is 2. The number of aromatic amines is 1. The van der Waals surface area contributed by atoms with Crippen molar-refractivity contribution in [1.29, 1.82) is 0 Å². The van der Waals surface area contributed by atoms with Crippen molar-refractivity contribution in [3.05, 3.63) is 52.8 Å². The number of hydrogen-bond donors (Lipinski definition) is 3. The van der Waals surface area contributed by atoms with E-state index in [-0.39, 0.29) is 17.1 Å². The summed E-state index contributed by atoms with van der Waals surface area (Å²) in [4.78, 5) is 0. The first kappa shape index (κ1) is 16.3. The first-order valence-electron chi connectivity index (χ1n) is 7.80. The number of nitrogens with two attached hydrogens (primary N) is 1. The molecule has 9 heteroatoms. The summed E-state index contributed by atoms with van der Waals surface area (Å²) in [5.74, 6) is 0.289. The van der Waals surface area contributed by atoms with E-state index in [4.69, 9.17) is 21.8 Å². The summed E-state index contributed by atoms with van der Waals surface area (Å²) in [5, 5.41) is 18.8. The molecule has 0 aliphatic rings. The Morgan fingerprint density at radius 2 is 2.08 bits per heavy atom. The lowest BCUT2D eigenvalue weighted by atomic mass is 10.1. The molecule has 2 aromatic carbocycles. The number of nitrogen functional groups attached to an aromatic ring is 1. The molecule has 0 saturated carbocycles. The molecule has 0 saturated heterocycles. The van der Waals surface area contributed by atoms with Gasteiger partial charge in [-0.2, -0.15) is 5.10 Å². The first-order chi connectivity index (χ1) is 12.5. The highest BCUT2D eigenvalue weighted by Crippen LogP contribution is 2.28. The molecule has 0 aliphatic heterocycles. The van der Waals surface area contributed by atoms with Crippen LogP contribution in [0.2, 0.25) is 5.02 Å². The minimum absolute atomic E-state index is 0.0633. The number of anilines is 2. The van der Waals surface area contributed by atoms with Crippen molar-refractivity contribution in [3.8, 4) is 11.5 Å². The van der Waals surface area contributed by atoms with Gasteiger partial charge in [0.25, 0.3) is 0 Å². The van der Waals surface area contributed by atoms with Crippen LogP contribution in [0.5, 0.6) is 0 Å². The van der Waals surface area contributed by atoms with Crippen LogP contribution in [0.25, 0.3) is 22.4 Å². The molecule has 4 rings (SSSR count). The zero-order valence-electron chi connectivity index (χ0n) is 13.6. The molecule has 2 heterocycles. The van der Waals surface area contributed by atoms with Crippen molar-refractivity contribution in [1.82, 2.24) is 20.4 Å². The lowest BCUT2D eigenvalue weighted by molar-refractivity contribution is 0.573. The number of aromatic nitrogens is 4. The van der Waals surface area contributed by atoms with E-state index < -0.39 is 5.82 Å². The molecule has 4 N–H and O–H groups in total. The molecular weight excluding hydrogens is 359 g/mol. The first-order valence-corrected chi connectivity index (χ1v) is 8.18. The highest BCUT2D eigenvalue weighted by Gasteiger charge is 2.14. The monoisotopic (exact) mass is 372 g/mol. The summed E-state index contributed by atoms with van der Waals surface area (Å²) < 4.78 is 19.0. The topological polar surface area (TPSA) is 106 Å². The molecule has 0 amide bonds. The van der Waals surface area contributed by atoms with E-state index in [1.54, 1.807) is 12.1 Å². The molecule has 0 aliphatic carbocycles. The van der Waals surface area contributed by atoms with Gasteiger partial charge in [-0.1, -0.05) is 22.8 Å². The van der Waals surface area contributed by atoms with E-state index in [2.05, 4.69) is 25.7 Å². The molecule has 0 fully saturated rings. The predicted octanol–water partition coefficient (Wildman–Crippen LogP) is 4.16. The summed E-state index contributed by atoms with van der Waals surface area (Å²) >= 11 is 5.82. The molecule has 2 aromatic heterocycles. The highest BCUT2D eigenvalue weighted by molar-refractivity contribution is 6.30. The largest absolute Gasteiger partial charge is 0.403 e. The van der Waals surface area contributed by atoms with Crippen molar-refractivity contribution in [2.24, 2.45) is 0 Å². The van der Waals surface area contributed by atoms with E-state index >= 15 is 0 Å². The van der Waals surface area contributed by atoms with Crippen LogP contribution in [-0.2, 0) is 0 Å². The standard InChI is InChI=1S/C17H14ClFN6O/c1-8(9-2-4-13(19)12(18)7-9)21-17-25-24-16(26-17)10-3-5-14-11(6-10)15(20)23-22-14/h2-8H,1H3,(H,21,25)(H3,20,22,23)/t8-/m1/s1. The zero-order chi connectivity index (χ0) is 18.3. The van der Waals surface area contributed by atoms with Crippen LogP contribution in [0.1, 0.15) is 18.5 Å². The number of rotatable bonds is 4. The fourth-order valence-corrected chi connectivity index (χ4v) is 2.80. The third kappa shape index (κ3) is 2.95. The third-order valence-electron chi connectivity index (χ3n) is 4.05. The van der Waals surface area contributed by atoms with E-state index in [1.165, 1.54) is 6.07 Å². The Labute approximate surface area is 152 Å². The maximum Gasteiger partial charge on any atom is 0.316 e. The molecule has 4 aromatic rings. The van der Waals surface area contributed by atoms with Crippen molar-refractivity contribution < 1.29 is 8.81 Å². The minimum atomic E-state index is -0.461. The van der Waals surface area contributed by atoms with Gasteiger partial charge in [0.15, 0.2) is 5.82 Å².